The van der Waals surface area contributed by atoms with Gasteiger partial charge in [0, 0.05) is 26.5 Å². The summed E-state index contributed by atoms with van der Waals surface area (Å²) in [5, 5.41) is 3.31. The van der Waals surface area contributed by atoms with Crippen LogP contribution in [0.1, 0.15) is 16.1 Å². The van der Waals surface area contributed by atoms with Crippen molar-refractivity contribution in [1.82, 2.24) is 14.8 Å². The molecule has 0 aliphatic rings. The van der Waals surface area contributed by atoms with Crippen molar-refractivity contribution in [2.24, 2.45) is 7.05 Å². The van der Waals surface area contributed by atoms with Crippen LogP contribution in [0, 0.1) is 0 Å². The van der Waals surface area contributed by atoms with Gasteiger partial charge in [-0.1, -0.05) is 0 Å². The first-order valence-electron chi connectivity index (χ1n) is 5.59. The third kappa shape index (κ3) is 2.63. The minimum atomic E-state index is -4.68. The Hall–Kier alpha value is -2.38. The first-order chi connectivity index (χ1) is 9.30. The molecule has 0 N–H and O–H groups in total. The smallest absolute Gasteiger partial charge is 0.310 e. The number of carbonyl (C=O) groups is 1. The van der Waals surface area contributed by atoms with Crippen molar-refractivity contribution in [2.75, 3.05) is 11.9 Å². The Morgan fingerprint density at radius 1 is 1.40 bits per heavy atom. The summed E-state index contributed by atoms with van der Waals surface area (Å²) in [6, 6.07) is 3.17. The minimum Gasteiger partial charge on any atom is -0.310 e. The fraction of sp³-hybridized carbons (Fsp3) is 0.250. The van der Waals surface area contributed by atoms with Gasteiger partial charge in [0.05, 0.1) is 17.4 Å². The lowest BCUT2D eigenvalue weighted by atomic mass is 10.2. The quantitative estimate of drug-likeness (QED) is 0.848. The highest BCUT2D eigenvalue weighted by Crippen LogP contribution is 2.31. The molecule has 5 nitrogen and oxygen atoms in total. The van der Waals surface area contributed by atoms with E-state index < -0.39 is 23.3 Å². The van der Waals surface area contributed by atoms with Crippen molar-refractivity contribution in [2.45, 2.75) is 6.18 Å². The highest BCUT2D eigenvalue weighted by Gasteiger charge is 2.39. The van der Waals surface area contributed by atoms with E-state index >= 15 is 0 Å². The monoisotopic (exact) mass is 284 g/mol. The molecule has 0 atom stereocenters. The van der Waals surface area contributed by atoms with E-state index in [1.807, 2.05) is 0 Å². The van der Waals surface area contributed by atoms with E-state index in [0.717, 1.165) is 15.8 Å². The number of carbonyl (C=O) groups excluding carboxylic acids is 1. The van der Waals surface area contributed by atoms with Gasteiger partial charge >= 0.3 is 6.18 Å². The molecule has 0 aromatic carbocycles. The van der Waals surface area contributed by atoms with Crippen LogP contribution in [0.5, 0.6) is 0 Å². The average molecular weight is 284 g/mol. The molecule has 0 aliphatic heterocycles. The van der Waals surface area contributed by atoms with E-state index in [1.54, 1.807) is 12.1 Å². The van der Waals surface area contributed by atoms with E-state index in [2.05, 4.69) is 10.1 Å². The molecule has 106 valence electrons. The fourth-order valence-electron chi connectivity index (χ4n) is 1.70. The lowest BCUT2D eigenvalue weighted by Gasteiger charge is -2.16. The lowest BCUT2D eigenvalue weighted by molar-refractivity contribution is -0.141. The lowest BCUT2D eigenvalue weighted by Crippen LogP contribution is -2.28. The highest BCUT2D eigenvalue weighted by atomic mass is 19.4. The summed E-state index contributed by atoms with van der Waals surface area (Å²) in [5.74, 6) is -0.793. The summed E-state index contributed by atoms with van der Waals surface area (Å²) in [6.45, 7) is 0. The van der Waals surface area contributed by atoms with Crippen LogP contribution >= 0.6 is 0 Å². The summed E-state index contributed by atoms with van der Waals surface area (Å²) in [4.78, 5) is 17.1. The van der Waals surface area contributed by atoms with E-state index in [1.165, 1.54) is 26.5 Å². The highest BCUT2D eigenvalue weighted by molar-refractivity contribution is 6.06. The predicted octanol–water partition coefficient (Wildman–Crippen LogP) is 2.11. The van der Waals surface area contributed by atoms with Crippen molar-refractivity contribution < 1.29 is 18.0 Å². The normalized spacial score (nSPS) is 11.4. The Bertz CT molecular complexity index is 621. The van der Waals surface area contributed by atoms with E-state index in [0.29, 0.717) is 5.69 Å². The van der Waals surface area contributed by atoms with Crippen LogP contribution in [0.25, 0.3) is 0 Å². The van der Waals surface area contributed by atoms with Crippen molar-refractivity contribution in [3.8, 4) is 0 Å². The molecule has 0 fully saturated rings. The second-order valence-electron chi connectivity index (χ2n) is 4.14. The minimum absolute atomic E-state index is 0.398. The van der Waals surface area contributed by atoms with Crippen molar-refractivity contribution >= 4 is 11.6 Å². The van der Waals surface area contributed by atoms with Gasteiger partial charge in [-0.3, -0.25) is 14.5 Å². The number of aryl methyl sites for hydroxylation is 1. The number of halogens is 3. The van der Waals surface area contributed by atoms with Crippen LogP contribution < -0.4 is 4.90 Å². The molecule has 20 heavy (non-hydrogen) atoms. The first kappa shape index (κ1) is 14.0. The molecular weight excluding hydrogens is 273 g/mol. The maximum Gasteiger partial charge on any atom is 0.435 e. The molecule has 1 amide bonds. The molecule has 2 rings (SSSR count). The number of anilines is 1. The van der Waals surface area contributed by atoms with Gasteiger partial charge in [0.25, 0.3) is 5.91 Å². The van der Waals surface area contributed by atoms with Gasteiger partial charge in [0.15, 0.2) is 5.69 Å². The number of hydrogen-bond donors (Lipinski definition) is 0. The molecule has 0 bridgehead atoms. The number of hydrogen-bond acceptors (Lipinski definition) is 3. The summed E-state index contributed by atoms with van der Waals surface area (Å²) in [5.41, 5.74) is -1.29. The van der Waals surface area contributed by atoms with Crippen LogP contribution in [0.3, 0.4) is 0 Å². The first-order valence-corrected chi connectivity index (χ1v) is 5.59. The zero-order chi connectivity index (χ0) is 14.9. The molecule has 0 saturated heterocycles. The molecule has 0 saturated carbocycles. The Balaban J connectivity index is 2.40. The Morgan fingerprint density at radius 3 is 2.65 bits per heavy atom. The van der Waals surface area contributed by atoms with Crippen LogP contribution in [0.4, 0.5) is 18.9 Å². The molecule has 8 heteroatoms. The standard InChI is InChI=1S/C12H11F3N4O/c1-18-7-9(10(17-18)12(13,14)15)11(20)19(2)8-4-3-5-16-6-8/h3-7H,1-2H3. The Labute approximate surface area is 112 Å². The maximum atomic E-state index is 12.8. The van der Waals surface area contributed by atoms with Crippen LogP contribution in [-0.2, 0) is 13.2 Å². The SMILES string of the molecule is CN(C(=O)c1cn(C)nc1C(F)(F)F)c1cccnc1. The Kier molecular flexibility index (Phi) is 3.47. The molecule has 2 aromatic heterocycles. The number of nitrogens with zero attached hydrogens (tertiary/aromatic N) is 4. The number of pyridine rings is 1. The molecule has 2 heterocycles. The topological polar surface area (TPSA) is 51.0 Å². The third-order valence-electron chi connectivity index (χ3n) is 2.67. The number of alkyl halides is 3. The van der Waals surface area contributed by atoms with Crippen molar-refractivity contribution in [1.29, 1.82) is 0 Å². The second-order valence-corrected chi connectivity index (χ2v) is 4.14. The molecule has 0 radical (unpaired) electrons. The van der Waals surface area contributed by atoms with Gasteiger partial charge in [-0.15, -0.1) is 0 Å². The van der Waals surface area contributed by atoms with Gasteiger partial charge in [0.2, 0.25) is 0 Å². The maximum absolute atomic E-state index is 12.8. The largest absolute Gasteiger partial charge is 0.435 e. The van der Waals surface area contributed by atoms with Crippen molar-refractivity contribution in [3.05, 3.63) is 42.0 Å². The molecule has 0 aliphatic carbocycles. The van der Waals surface area contributed by atoms with E-state index in [9.17, 15) is 18.0 Å². The summed E-state index contributed by atoms with van der Waals surface area (Å²) >= 11 is 0. The van der Waals surface area contributed by atoms with Gasteiger partial charge in [-0.2, -0.15) is 18.3 Å². The summed E-state index contributed by atoms with van der Waals surface area (Å²) < 4.78 is 39.5. The molecule has 2 aromatic rings. The second kappa shape index (κ2) is 4.95. The average Bonchev–Trinajstić information content (AvgIpc) is 2.80. The Morgan fingerprint density at radius 2 is 2.10 bits per heavy atom. The van der Waals surface area contributed by atoms with E-state index in [4.69, 9.17) is 0 Å². The third-order valence-corrected chi connectivity index (χ3v) is 2.67. The van der Waals surface area contributed by atoms with Crippen LogP contribution in [0.15, 0.2) is 30.7 Å². The molecular formula is C12H11F3N4O. The summed E-state index contributed by atoms with van der Waals surface area (Å²) in [6.07, 6.45) is -0.728. The van der Waals surface area contributed by atoms with Gasteiger partial charge in [-0.05, 0) is 12.1 Å². The predicted molar refractivity (Wildman–Crippen MR) is 65.2 cm³/mol. The van der Waals surface area contributed by atoms with Gasteiger partial charge in [-0.25, -0.2) is 0 Å². The van der Waals surface area contributed by atoms with E-state index in [-0.39, 0.29) is 0 Å². The van der Waals surface area contributed by atoms with Gasteiger partial charge < -0.3 is 4.90 Å². The van der Waals surface area contributed by atoms with Gasteiger partial charge in [0.1, 0.15) is 0 Å². The fourth-order valence-corrected chi connectivity index (χ4v) is 1.70. The zero-order valence-electron chi connectivity index (χ0n) is 10.7. The molecule has 0 spiro atoms. The molecule has 0 unspecified atom stereocenters. The zero-order valence-corrected chi connectivity index (χ0v) is 10.7. The van der Waals surface area contributed by atoms with Crippen LogP contribution in [-0.4, -0.2) is 27.7 Å². The van der Waals surface area contributed by atoms with Crippen molar-refractivity contribution in [3.63, 3.8) is 0 Å². The summed E-state index contributed by atoms with van der Waals surface area (Å²) in [7, 11) is 2.71. The number of amides is 1. The number of aromatic nitrogens is 3. The number of rotatable bonds is 2. The van der Waals surface area contributed by atoms with Crippen LogP contribution in [0.2, 0.25) is 0 Å².